The van der Waals surface area contributed by atoms with Crippen LogP contribution in [0.3, 0.4) is 0 Å². The predicted molar refractivity (Wildman–Crippen MR) is 141 cm³/mol. The van der Waals surface area contributed by atoms with Gasteiger partial charge in [-0.05, 0) is 43.7 Å². The summed E-state index contributed by atoms with van der Waals surface area (Å²) in [4.78, 5) is 61.8. The topological polar surface area (TPSA) is 214 Å². The Morgan fingerprint density at radius 1 is 0.816 bits per heavy atom. The molecule has 0 radical (unpaired) electrons. The van der Waals surface area contributed by atoms with Crippen LogP contribution in [0.4, 0.5) is 0 Å². The van der Waals surface area contributed by atoms with E-state index in [0.29, 0.717) is 25.8 Å². The fraction of sp³-hybridized carbons (Fsp3) is 0.577. The smallest absolute Gasteiger partial charge is 0.326 e. The zero-order valence-corrected chi connectivity index (χ0v) is 22.0. The molecule has 4 atom stereocenters. The first kappa shape index (κ1) is 32.5. The molecule has 1 rings (SSSR count). The predicted octanol–water partition coefficient (Wildman–Crippen LogP) is 0.135. The highest BCUT2D eigenvalue weighted by Gasteiger charge is 2.31. The Hall–Kier alpha value is -3.51. The third-order valence-electron chi connectivity index (χ3n) is 5.82. The Morgan fingerprint density at radius 2 is 1.39 bits per heavy atom. The number of amides is 3. The second kappa shape index (κ2) is 17.1. The SMILES string of the molecule is CC(C)CC(NC(=O)C(CCC(=O)O)NC(=O)C(Cc1ccccc1)NC(=O)C(N)CCCCN)C(=O)O. The molecule has 9 N–H and O–H groups in total. The van der Waals surface area contributed by atoms with E-state index >= 15 is 0 Å². The molecule has 0 saturated carbocycles. The first-order valence-electron chi connectivity index (χ1n) is 12.8. The van der Waals surface area contributed by atoms with Gasteiger partial charge in [-0.1, -0.05) is 50.6 Å². The van der Waals surface area contributed by atoms with E-state index in [1.54, 1.807) is 44.2 Å². The lowest BCUT2D eigenvalue weighted by Gasteiger charge is -2.25. The number of unbranched alkanes of at least 4 members (excludes halogenated alkanes) is 1. The summed E-state index contributed by atoms with van der Waals surface area (Å²) in [5.41, 5.74) is 12.2. The fourth-order valence-corrected chi connectivity index (χ4v) is 3.75. The summed E-state index contributed by atoms with van der Waals surface area (Å²) < 4.78 is 0. The first-order chi connectivity index (χ1) is 17.9. The van der Waals surface area contributed by atoms with E-state index in [9.17, 15) is 29.1 Å². The van der Waals surface area contributed by atoms with Gasteiger partial charge in [-0.25, -0.2) is 4.79 Å². The van der Waals surface area contributed by atoms with Crippen molar-refractivity contribution in [3.63, 3.8) is 0 Å². The second-order valence-corrected chi connectivity index (χ2v) is 9.66. The number of carboxylic acid groups (broad SMARTS) is 2. The summed E-state index contributed by atoms with van der Waals surface area (Å²) in [5.74, 6) is -4.57. The van der Waals surface area contributed by atoms with Crippen molar-refractivity contribution in [2.75, 3.05) is 6.54 Å². The largest absolute Gasteiger partial charge is 0.481 e. The van der Waals surface area contributed by atoms with E-state index in [1.165, 1.54) is 0 Å². The van der Waals surface area contributed by atoms with Crippen molar-refractivity contribution < 1.29 is 34.2 Å². The van der Waals surface area contributed by atoms with Gasteiger partial charge in [0.2, 0.25) is 17.7 Å². The number of benzene rings is 1. The molecule has 12 heteroatoms. The van der Waals surface area contributed by atoms with Crippen LogP contribution >= 0.6 is 0 Å². The van der Waals surface area contributed by atoms with Crippen LogP contribution in [0.1, 0.15) is 57.9 Å². The quantitative estimate of drug-likeness (QED) is 0.127. The minimum atomic E-state index is -1.33. The number of nitrogens with two attached hydrogens (primary N) is 2. The highest BCUT2D eigenvalue weighted by molar-refractivity contribution is 5.94. The minimum absolute atomic E-state index is 0.0389. The van der Waals surface area contributed by atoms with Crippen molar-refractivity contribution in [2.24, 2.45) is 17.4 Å². The molecule has 4 unspecified atom stereocenters. The third-order valence-corrected chi connectivity index (χ3v) is 5.82. The Morgan fingerprint density at radius 3 is 1.95 bits per heavy atom. The summed E-state index contributed by atoms with van der Waals surface area (Å²) in [6, 6.07) is 4.36. The average Bonchev–Trinajstić information content (AvgIpc) is 2.85. The minimum Gasteiger partial charge on any atom is -0.481 e. The summed E-state index contributed by atoms with van der Waals surface area (Å²) in [7, 11) is 0. The van der Waals surface area contributed by atoms with Crippen LogP contribution in [0.25, 0.3) is 0 Å². The van der Waals surface area contributed by atoms with Gasteiger partial charge in [-0.15, -0.1) is 0 Å². The Balaban J connectivity index is 3.09. The third kappa shape index (κ3) is 12.6. The van der Waals surface area contributed by atoms with Crippen molar-refractivity contribution in [1.29, 1.82) is 0 Å². The molecule has 0 heterocycles. The van der Waals surface area contributed by atoms with Crippen LogP contribution in [-0.2, 0) is 30.4 Å². The molecule has 0 saturated heterocycles. The molecular weight excluding hydrogens is 494 g/mol. The Bertz CT molecular complexity index is 926. The van der Waals surface area contributed by atoms with E-state index in [4.69, 9.17) is 16.6 Å². The summed E-state index contributed by atoms with van der Waals surface area (Å²) in [5, 5.41) is 26.1. The van der Waals surface area contributed by atoms with Gasteiger partial charge in [-0.3, -0.25) is 19.2 Å². The molecule has 212 valence electrons. The van der Waals surface area contributed by atoms with Crippen LogP contribution in [0.2, 0.25) is 0 Å². The van der Waals surface area contributed by atoms with Crippen molar-refractivity contribution in [1.82, 2.24) is 16.0 Å². The molecule has 12 nitrogen and oxygen atoms in total. The second-order valence-electron chi connectivity index (χ2n) is 9.66. The van der Waals surface area contributed by atoms with Crippen LogP contribution in [0.5, 0.6) is 0 Å². The summed E-state index contributed by atoms with van der Waals surface area (Å²) >= 11 is 0. The molecule has 0 fully saturated rings. The molecule has 0 aromatic heterocycles. The molecule has 0 aliphatic carbocycles. The van der Waals surface area contributed by atoms with Crippen molar-refractivity contribution in [3.05, 3.63) is 35.9 Å². The number of rotatable bonds is 18. The van der Waals surface area contributed by atoms with Gasteiger partial charge >= 0.3 is 11.9 Å². The summed E-state index contributed by atoms with van der Waals surface area (Å²) in [6.45, 7) is 4.06. The van der Waals surface area contributed by atoms with Crippen molar-refractivity contribution in [2.45, 2.75) is 83.0 Å². The lowest BCUT2D eigenvalue weighted by Crippen LogP contribution is -2.57. The van der Waals surface area contributed by atoms with E-state index in [-0.39, 0.29) is 25.2 Å². The summed E-state index contributed by atoms with van der Waals surface area (Å²) in [6.07, 6.45) is 1.23. The molecule has 0 spiro atoms. The number of carbonyl (C=O) groups is 5. The van der Waals surface area contributed by atoms with Gasteiger partial charge < -0.3 is 37.6 Å². The molecular formula is C26H41N5O7. The molecule has 0 bridgehead atoms. The number of hydrogen-bond donors (Lipinski definition) is 7. The van der Waals surface area contributed by atoms with E-state index in [2.05, 4.69) is 16.0 Å². The van der Waals surface area contributed by atoms with Gasteiger partial charge in [0.1, 0.15) is 18.1 Å². The van der Waals surface area contributed by atoms with Crippen molar-refractivity contribution >= 4 is 29.7 Å². The lowest BCUT2D eigenvalue weighted by molar-refractivity contribution is -0.143. The molecule has 1 aromatic carbocycles. The van der Waals surface area contributed by atoms with Crippen LogP contribution < -0.4 is 27.4 Å². The van der Waals surface area contributed by atoms with Crippen molar-refractivity contribution in [3.8, 4) is 0 Å². The Kier molecular flexibility index (Phi) is 14.6. The van der Waals surface area contributed by atoms with E-state index in [0.717, 1.165) is 5.56 Å². The first-order valence-corrected chi connectivity index (χ1v) is 12.8. The molecule has 0 aliphatic heterocycles. The van der Waals surface area contributed by atoms with E-state index in [1.807, 2.05) is 0 Å². The maximum atomic E-state index is 13.3. The molecule has 38 heavy (non-hydrogen) atoms. The van der Waals surface area contributed by atoms with Crippen LogP contribution in [0, 0.1) is 5.92 Å². The van der Waals surface area contributed by atoms with Gasteiger partial charge in [0, 0.05) is 12.8 Å². The average molecular weight is 536 g/mol. The molecule has 0 aliphatic rings. The zero-order chi connectivity index (χ0) is 28.7. The standard InChI is InChI=1S/C26H41N5O7/c1-16(2)14-21(26(37)38)31-24(35)19(11-12-22(32)33)29-25(36)20(15-17-8-4-3-5-9-17)30-23(34)18(28)10-6-7-13-27/h3-5,8-9,16,18-21H,6-7,10-15,27-28H2,1-2H3,(H,29,36)(H,30,34)(H,31,35)(H,32,33)(H,37,38). The number of carbonyl (C=O) groups excluding carboxylic acids is 3. The van der Waals surface area contributed by atoms with Gasteiger partial charge in [0.15, 0.2) is 0 Å². The number of hydrogen-bond acceptors (Lipinski definition) is 7. The van der Waals surface area contributed by atoms with Gasteiger partial charge in [0.25, 0.3) is 0 Å². The monoisotopic (exact) mass is 535 g/mol. The highest BCUT2D eigenvalue weighted by atomic mass is 16.4. The lowest BCUT2D eigenvalue weighted by atomic mass is 10.0. The van der Waals surface area contributed by atoms with Crippen LogP contribution in [-0.4, -0.2) is 70.6 Å². The maximum Gasteiger partial charge on any atom is 0.326 e. The fourth-order valence-electron chi connectivity index (χ4n) is 3.75. The van der Waals surface area contributed by atoms with Gasteiger partial charge in [-0.2, -0.15) is 0 Å². The van der Waals surface area contributed by atoms with Gasteiger partial charge in [0.05, 0.1) is 6.04 Å². The Labute approximate surface area is 222 Å². The normalized spacial score (nSPS) is 14.1. The molecule has 3 amide bonds. The number of nitrogens with one attached hydrogen (secondary N) is 3. The molecule has 1 aromatic rings. The number of carboxylic acids is 2. The van der Waals surface area contributed by atoms with E-state index < -0.39 is 60.2 Å². The zero-order valence-electron chi connectivity index (χ0n) is 22.0. The highest BCUT2D eigenvalue weighted by Crippen LogP contribution is 2.09. The number of aliphatic carboxylic acids is 2. The van der Waals surface area contributed by atoms with Crippen LogP contribution in [0.15, 0.2) is 30.3 Å². The maximum absolute atomic E-state index is 13.3.